The fraction of sp³-hybridized carbons (Fsp3) is 0.286. The van der Waals surface area contributed by atoms with E-state index in [2.05, 4.69) is 9.72 Å². The first-order chi connectivity index (χ1) is 10.0. The highest BCUT2D eigenvalue weighted by Gasteiger charge is 2.32. The van der Waals surface area contributed by atoms with E-state index in [-0.39, 0.29) is 5.75 Å². The normalized spacial score (nSPS) is 17.0. The second kappa shape index (κ2) is 5.40. The SMILES string of the molecule is O=C(O)C1CCc2sc(-c3ccc(OC(F)F)cc3)nc21. The van der Waals surface area contributed by atoms with E-state index in [0.717, 1.165) is 16.9 Å². The number of carbonyl (C=O) groups is 1. The summed E-state index contributed by atoms with van der Waals surface area (Å²) in [6.07, 6.45) is 1.31. The molecule has 1 unspecified atom stereocenters. The first-order valence-corrected chi connectivity index (χ1v) is 7.14. The Labute approximate surface area is 123 Å². The summed E-state index contributed by atoms with van der Waals surface area (Å²) in [5.74, 6) is -1.31. The molecular weight excluding hydrogens is 300 g/mol. The molecule has 0 bridgehead atoms. The predicted octanol–water partition coefficient (Wildman–Crippen LogP) is 3.53. The van der Waals surface area contributed by atoms with Gasteiger partial charge in [-0.2, -0.15) is 8.78 Å². The number of ether oxygens (including phenoxy) is 1. The molecule has 1 aliphatic rings. The van der Waals surface area contributed by atoms with Gasteiger partial charge in [0, 0.05) is 10.4 Å². The molecule has 0 fully saturated rings. The van der Waals surface area contributed by atoms with E-state index in [1.807, 2.05) is 0 Å². The van der Waals surface area contributed by atoms with Crippen molar-refractivity contribution < 1.29 is 23.4 Å². The average Bonchev–Trinajstić information content (AvgIpc) is 2.98. The number of rotatable bonds is 4. The molecule has 7 heteroatoms. The van der Waals surface area contributed by atoms with Crippen LogP contribution in [0, 0.1) is 0 Å². The molecule has 2 aromatic rings. The molecule has 3 rings (SSSR count). The Bertz CT molecular complexity index is 669. The summed E-state index contributed by atoms with van der Waals surface area (Å²) in [6.45, 7) is -2.85. The summed E-state index contributed by atoms with van der Waals surface area (Å²) in [4.78, 5) is 16.5. The van der Waals surface area contributed by atoms with Crippen LogP contribution in [-0.2, 0) is 11.2 Å². The van der Waals surface area contributed by atoms with E-state index in [9.17, 15) is 13.6 Å². The summed E-state index contributed by atoms with van der Waals surface area (Å²) >= 11 is 1.45. The molecule has 1 heterocycles. The number of aliphatic carboxylic acids is 1. The van der Waals surface area contributed by atoms with Crippen molar-refractivity contribution in [3.05, 3.63) is 34.8 Å². The number of thiazole rings is 1. The molecule has 0 saturated carbocycles. The maximum absolute atomic E-state index is 12.1. The molecule has 1 aliphatic carbocycles. The van der Waals surface area contributed by atoms with Gasteiger partial charge in [0.15, 0.2) is 0 Å². The summed E-state index contributed by atoms with van der Waals surface area (Å²) in [6, 6.07) is 6.17. The van der Waals surface area contributed by atoms with Crippen LogP contribution in [0.15, 0.2) is 24.3 Å². The Hall–Kier alpha value is -2.02. The van der Waals surface area contributed by atoms with Crippen molar-refractivity contribution in [2.45, 2.75) is 25.4 Å². The van der Waals surface area contributed by atoms with E-state index in [1.54, 1.807) is 12.1 Å². The van der Waals surface area contributed by atoms with Gasteiger partial charge in [0.05, 0.1) is 5.69 Å². The van der Waals surface area contributed by atoms with Gasteiger partial charge in [-0.05, 0) is 37.1 Å². The highest BCUT2D eigenvalue weighted by atomic mass is 32.1. The third kappa shape index (κ3) is 2.73. The van der Waals surface area contributed by atoms with Crippen molar-refractivity contribution in [1.29, 1.82) is 0 Å². The minimum absolute atomic E-state index is 0.0845. The van der Waals surface area contributed by atoms with Crippen LogP contribution in [0.25, 0.3) is 10.6 Å². The number of carboxylic acid groups (broad SMARTS) is 1. The number of halogens is 2. The second-order valence-electron chi connectivity index (χ2n) is 4.66. The number of fused-ring (bicyclic) bond motifs is 1. The number of hydrogen-bond donors (Lipinski definition) is 1. The number of hydrogen-bond acceptors (Lipinski definition) is 4. The van der Waals surface area contributed by atoms with Gasteiger partial charge < -0.3 is 9.84 Å². The molecule has 0 spiro atoms. The minimum Gasteiger partial charge on any atom is -0.481 e. The molecular formula is C14H11F2NO3S. The largest absolute Gasteiger partial charge is 0.481 e. The topological polar surface area (TPSA) is 59.4 Å². The van der Waals surface area contributed by atoms with Crippen LogP contribution >= 0.6 is 11.3 Å². The van der Waals surface area contributed by atoms with Crippen LogP contribution in [0.5, 0.6) is 5.75 Å². The lowest BCUT2D eigenvalue weighted by Gasteiger charge is -2.05. The Morgan fingerprint density at radius 1 is 1.38 bits per heavy atom. The number of aromatic nitrogens is 1. The molecule has 110 valence electrons. The van der Waals surface area contributed by atoms with Gasteiger partial charge in [0.25, 0.3) is 0 Å². The lowest BCUT2D eigenvalue weighted by Crippen LogP contribution is -2.08. The second-order valence-corrected chi connectivity index (χ2v) is 5.74. The van der Waals surface area contributed by atoms with Crippen LogP contribution in [0.4, 0.5) is 8.78 Å². The number of carboxylic acids is 1. The Balaban J connectivity index is 1.85. The molecule has 4 nitrogen and oxygen atoms in total. The maximum atomic E-state index is 12.1. The van der Waals surface area contributed by atoms with Crippen molar-refractivity contribution in [3.63, 3.8) is 0 Å². The lowest BCUT2D eigenvalue weighted by atomic mass is 10.1. The zero-order chi connectivity index (χ0) is 15.0. The number of benzene rings is 1. The zero-order valence-corrected chi connectivity index (χ0v) is 11.6. The van der Waals surface area contributed by atoms with Crippen LogP contribution in [0.2, 0.25) is 0 Å². The van der Waals surface area contributed by atoms with Crippen molar-refractivity contribution in [3.8, 4) is 16.3 Å². The number of nitrogens with zero attached hydrogens (tertiary/aromatic N) is 1. The zero-order valence-electron chi connectivity index (χ0n) is 10.8. The first kappa shape index (κ1) is 13.9. The van der Waals surface area contributed by atoms with Gasteiger partial charge in [-0.25, -0.2) is 4.98 Å². The molecule has 0 aliphatic heterocycles. The van der Waals surface area contributed by atoms with Crippen molar-refractivity contribution in [2.24, 2.45) is 0 Å². The van der Waals surface area contributed by atoms with E-state index >= 15 is 0 Å². The lowest BCUT2D eigenvalue weighted by molar-refractivity contribution is -0.138. The number of aryl methyl sites for hydroxylation is 1. The van der Waals surface area contributed by atoms with E-state index in [1.165, 1.54) is 23.5 Å². The molecule has 21 heavy (non-hydrogen) atoms. The van der Waals surface area contributed by atoms with Crippen LogP contribution in [-0.4, -0.2) is 22.7 Å². The smallest absolute Gasteiger partial charge is 0.387 e. The monoisotopic (exact) mass is 311 g/mol. The maximum Gasteiger partial charge on any atom is 0.387 e. The molecule has 1 aromatic carbocycles. The van der Waals surface area contributed by atoms with Crippen molar-refractivity contribution in [1.82, 2.24) is 4.98 Å². The summed E-state index contributed by atoms with van der Waals surface area (Å²) < 4.78 is 28.5. The predicted molar refractivity (Wildman–Crippen MR) is 72.9 cm³/mol. The van der Waals surface area contributed by atoms with Crippen LogP contribution < -0.4 is 4.74 Å². The van der Waals surface area contributed by atoms with Gasteiger partial charge in [0.1, 0.15) is 16.7 Å². The van der Waals surface area contributed by atoms with Gasteiger partial charge in [-0.15, -0.1) is 11.3 Å². The van der Waals surface area contributed by atoms with Crippen molar-refractivity contribution in [2.75, 3.05) is 0 Å². The molecule has 1 N–H and O–H groups in total. The van der Waals surface area contributed by atoms with Crippen LogP contribution in [0.3, 0.4) is 0 Å². The quantitative estimate of drug-likeness (QED) is 0.938. The average molecular weight is 311 g/mol. The third-order valence-corrected chi connectivity index (χ3v) is 4.52. The molecule has 1 atom stereocenters. The van der Waals surface area contributed by atoms with Crippen molar-refractivity contribution >= 4 is 17.3 Å². The molecule has 0 saturated heterocycles. The van der Waals surface area contributed by atoms with E-state index in [4.69, 9.17) is 5.11 Å². The Morgan fingerprint density at radius 3 is 2.71 bits per heavy atom. The fourth-order valence-electron chi connectivity index (χ4n) is 2.37. The molecule has 0 radical (unpaired) electrons. The van der Waals surface area contributed by atoms with E-state index in [0.29, 0.717) is 17.1 Å². The molecule has 1 aromatic heterocycles. The Morgan fingerprint density at radius 2 is 2.10 bits per heavy atom. The highest BCUT2D eigenvalue weighted by Crippen LogP contribution is 2.40. The van der Waals surface area contributed by atoms with E-state index < -0.39 is 18.5 Å². The summed E-state index contributed by atoms with van der Waals surface area (Å²) in [5.41, 5.74) is 1.40. The van der Waals surface area contributed by atoms with Gasteiger partial charge in [0.2, 0.25) is 0 Å². The fourth-order valence-corrected chi connectivity index (χ4v) is 3.51. The van der Waals surface area contributed by atoms with Gasteiger partial charge in [-0.1, -0.05) is 0 Å². The van der Waals surface area contributed by atoms with Gasteiger partial charge >= 0.3 is 12.6 Å². The number of alkyl halides is 2. The highest BCUT2D eigenvalue weighted by molar-refractivity contribution is 7.15. The summed E-state index contributed by atoms with van der Waals surface area (Å²) in [5, 5.41) is 9.84. The van der Waals surface area contributed by atoms with Crippen LogP contribution in [0.1, 0.15) is 22.9 Å². The molecule has 0 amide bonds. The third-order valence-electron chi connectivity index (χ3n) is 3.34. The summed E-state index contributed by atoms with van der Waals surface area (Å²) in [7, 11) is 0. The van der Waals surface area contributed by atoms with Gasteiger partial charge in [-0.3, -0.25) is 4.79 Å². The Kier molecular flexibility index (Phi) is 3.59. The standard InChI is InChI=1S/C14H11F2NO3S/c15-14(16)20-8-3-1-7(2-4-8)12-17-11-9(13(18)19)5-6-10(11)21-12/h1-4,9,14H,5-6H2,(H,18,19). The minimum atomic E-state index is -2.85. The first-order valence-electron chi connectivity index (χ1n) is 6.32.